The summed E-state index contributed by atoms with van der Waals surface area (Å²) in [5.74, 6) is 0.0295. The molecule has 0 fully saturated rings. The highest BCUT2D eigenvalue weighted by molar-refractivity contribution is 5.94. The third-order valence-corrected chi connectivity index (χ3v) is 3.52. The maximum absolute atomic E-state index is 11.4. The van der Waals surface area contributed by atoms with E-state index in [1.165, 1.54) is 0 Å². The van der Waals surface area contributed by atoms with E-state index in [4.69, 9.17) is 0 Å². The summed E-state index contributed by atoms with van der Waals surface area (Å²) < 4.78 is 3.86. The normalized spacial score (nSPS) is 11.1. The minimum absolute atomic E-state index is 0.323. The van der Waals surface area contributed by atoms with E-state index in [2.05, 4.69) is 4.98 Å². The Morgan fingerprint density at radius 1 is 1.30 bits per heavy atom. The van der Waals surface area contributed by atoms with E-state index in [-0.39, 0.29) is 0 Å². The van der Waals surface area contributed by atoms with Gasteiger partial charge in [-0.3, -0.25) is 0 Å². The lowest BCUT2D eigenvalue weighted by molar-refractivity contribution is 0.0685. The van der Waals surface area contributed by atoms with Crippen LogP contribution < -0.4 is 0 Å². The summed E-state index contributed by atoms with van der Waals surface area (Å²) >= 11 is 0. The summed E-state index contributed by atoms with van der Waals surface area (Å²) in [5.41, 5.74) is 1.27. The van der Waals surface area contributed by atoms with Crippen molar-refractivity contribution in [1.82, 2.24) is 14.1 Å². The number of para-hydroxylation sites is 1. The van der Waals surface area contributed by atoms with Crippen LogP contribution in [0.1, 0.15) is 16.3 Å². The average molecular weight is 269 g/mol. The molecule has 0 saturated carbocycles. The van der Waals surface area contributed by atoms with Crippen LogP contribution in [-0.2, 0) is 13.1 Å². The number of aryl methyl sites for hydroxylation is 3. The Kier molecular flexibility index (Phi) is 3.02. The Morgan fingerprint density at radius 2 is 2.10 bits per heavy atom. The fraction of sp³-hybridized carbons (Fsp3) is 0.200. The van der Waals surface area contributed by atoms with Gasteiger partial charge >= 0.3 is 5.97 Å². The maximum atomic E-state index is 11.4. The van der Waals surface area contributed by atoms with Crippen LogP contribution in [0.4, 0.5) is 0 Å². The van der Waals surface area contributed by atoms with Crippen LogP contribution in [-0.4, -0.2) is 25.2 Å². The Bertz CT molecular complexity index is 770. The van der Waals surface area contributed by atoms with Crippen LogP contribution in [0.2, 0.25) is 0 Å². The van der Waals surface area contributed by atoms with Crippen molar-refractivity contribution in [3.05, 3.63) is 54.2 Å². The molecule has 2 heterocycles. The molecule has 3 aromatic rings. The number of carboxylic acid groups (broad SMARTS) is 1. The van der Waals surface area contributed by atoms with Crippen molar-refractivity contribution in [2.75, 3.05) is 0 Å². The van der Waals surface area contributed by atoms with Gasteiger partial charge in [0.1, 0.15) is 11.5 Å². The number of benzene rings is 1. The van der Waals surface area contributed by atoms with Gasteiger partial charge in [-0.05, 0) is 19.1 Å². The van der Waals surface area contributed by atoms with E-state index in [0.717, 1.165) is 16.7 Å². The van der Waals surface area contributed by atoms with E-state index in [1.807, 2.05) is 46.5 Å². The number of fused-ring (bicyclic) bond motifs is 1. The van der Waals surface area contributed by atoms with Gasteiger partial charge in [-0.2, -0.15) is 0 Å². The molecule has 0 spiro atoms. The molecule has 0 unspecified atom stereocenters. The summed E-state index contributed by atoms with van der Waals surface area (Å²) in [5, 5.41) is 10.3. The number of hydrogen-bond donors (Lipinski definition) is 1. The SMILES string of the molecule is Cc1nccn1CCn1c(C(=O)O)cc2ccccc21. The lowest BCUT2D eigenvalue weighted by Crippen LogP contribution is -2.13. The van der Waals surface area contributed by atoms with Gasteiger partial charge in [0.05, 0.1) is 0 Å². The Balaban J connectivity index is 1.99. The standard InChI is InChI=1S/C15H15N3O2/c1-11-16-6-7-17(11)8-9-18-13-5-3-2-4-12(13)10-14(18)15(19)20/h2-7,10H,8-9H2,1H3,(H,19,20). The van der Waals surface area contributed by atoms with Gasteiger partial charge in [0.2, 0.25) is 0 Å². The number of hydrogen-bond acceptors (Lipinski definition) is 2. The van der Waals surface area contributed by atoms with Gasteiger partial charge in [0.15, 0.2) is 0 Å². The first-order valence-electron chi connectivity index (χ1n) is 6.46. The van der Waals surface area contributed by atoms with Gasteiger partial charge < -0.3 is 14.2 Å². The molecule has 102 valence electrons. The first-order valence-corrected chi connectivity index (χ1v) is 6.46. The highest BCUT2D eigenvalue weighted by atomic mass is 16.4. The number of rotatable bonds is 4. The molecule has 0 amide bonds. The number of aromatic carboxylic acids is 1. The van der Waals surface area contributed by atoms with Crippen molar-refractivity contribution in [3.8, 4) is 0 Å². The third kappa shape index (κ3) is 2.07. The molecule has 5 heteroatoms. The predicted octanol–water partition coefficient (Wildman–Crippen LogP) is 2.54. The van der Waals surface area contributed by atoms with Crippen LogP contribution >= 0.6 is 0 Å². The highest BCUT2D eigenvalue weighted by Crippen LogP contribution is 2.20. The van der Waals surface area contributed by atoms with Crippen molar-refractivity contribution < 1.29 is 9.90 Å². The Morgan fingerprint density at radius 3 is 2.80 bits per heavy atom. The molecule has 3 rings (SSSR count). The molecule has 1 N–H and O–H groups in total. The zero-order chi connectivity index (χ0) is 14.1. The first kappa shape index (κ1) is 12.5. The molecule has 0 aliphatic rings. The van der Waals surface area contributed by atoms with Crippen molar-refractivity contribution >= 4 is 16.9 Å². The average Bonchev–Trinajstić information content (AvgIpc) is 3.00. The second kappa shape index (κ2) is 4.85. The number of carbonyl (C=O) groups is 1. The molecule has 0 aliphatic carbocycles. The minimum atomic E-state index is -0.899. The zero-order valence-electron chi connectivity index (χ0n) is 11.2. The lowest BCUT2D eigenvalue weighted by atomic mass is 10.2. The Labute approximate surface area is 116 Å². The highest BCUT2D eigenvalue weighted by Gasteiger charge is 2.14. The minimum Gasteiger partial charge on any atom is -0.477 e. The van der Waals surface area contributed by atoms with Gasteiger partial charge in [0, 0.05) is 36.4 Å². The molecular formula is C15H15N3O2. The van der Waals surface area contributed by atoms with Crippen LogP contribution in [0, 0.1) is 6.92 Å². The molecule has 0 saturated heterocycles. The molecule has 20 heavy (non-hydrogen) atoms. The molecular weight excluding hydrogens is 254 g/mol. The van der Waals surface area contributed by atoms with Crippen LogP contribution in [0.5, 0.6) is 0 Å². The third-order valence-electron chi connectivity index (χ3n) is 3.52. The van der Waals surface area contributed by atoms with E-state index in [0.29, 0.717) is 18.8 Å². The fourth-order valence-electron chi connectivity index (χ4n) is 2.48. The summed E-state index contributed by atoms with van der Waals surface area (Å²) in [6, 6.07) is 9.44. The smallest absolute Gasteiger partial charge is 0.352 e. The predicted molar refractivity (Wildman–Crippen MR) is 75.9 cm³/mol. The molecule has 1 aromatic carbocycles. The number of carboxylic acids is 1. The van der Waals surface area contributed by atoms with Crippen LogP contribution in [0.25, 0.3) is 10.9 Å². The van der Waals surface area contributed by atoms with Crippen molar-refractivity contribution in [1.29, 1.82) is 0 Å². The van der Waals surface area contributed by atoms with E-state index in [9.17, 15) is 9.90 Å². The fourth-order valence-corrected chi connectivity index (χ4v) is 2.48. The molecule has 0 aliphatic heterocycles. The van der Waals surface area contributed by atoms with Gasteiger partial charge in [0.25, 0.3) is 0 Å². The van der Waals surface area contributed by atoms with Gasteiger partial charge in [-0.15, -0.1) is 0 Å². The Hall–Kier alpha value is -2.56. The summed E-state index contributed by atoms with van der Waals surface area (Å²) in [7, 11) is 0. The van der Waals surface area contributed by atoms with E-state index >= 15 is 0 Å². The quantitative estimate of drug-likeness (QED) is 0.791. The zero-order valence-corrected chi connectivity index (χ0v) is 11.2. The summed E-state index contributed by atoms with van der Waals surface area (Å²) in [6.45, 7) is 3.24. The van der Waals surface area contributed by atoms with Crippen molar-refractivity contribution in [3.63, 3.8) is 0 Å². The van der Waals surface area contributed by atoms with E-state index in [1.54, 1.807) is 12.3 Å². The van der Waals surface area contributed by atoms with Crippen LogP contribution in [0.3, 0.4) is 0 Å². The first-order chi connectivity index (χ1) is 9.66. The monoisotopic (exact) mass is 269 g/mol. The molecule has 0 atom stereocenters. The molecule has 0 radical (unpaired) electrons. The number of nitrogens with zero attached hydrogens (tertiary/aromatic N) is 3. The molecule has 2 aromatic heterocycles. The number of imidazole rings is 1. The lowest BCUT2D eigenvalue weighted by Gasteiger charge is -2.10. The molecule has 0 bridgehead atoms. The summed E-state index contributed by atoms with van der Waals surface area (Å²) in [4.78, 5) is 15.6. The van der Waals surface area contributed by atoms with Crippen molar-refractivity contribution in [2.45, 2.75) is 20.0 Å². The largest absolute Gasteiger partial charge is 0.477 e. The second-order valence-corrected chi connectivity index (χ2v) is 4.71. The van der Waals surface area contributed by atoms with Crippen LogP contribution in [0.15, 0.2) is 42.7 Å². The maximum Gasteiger partial charge on any atom is 0.352 e. The van der Waals surface area contributed by atoms with Crippen molar-refractivity contribution in [2.24, 2.45) is 0 Å². The topological polar surface area (TPSA) is 60.0 Å². The van der Waals surface area contributed by atoms with Gasteiger partial charge in [-0.1, -0.05) is 18.2 Å². The second-order valence-electron chi connectivity index (χ2n) is 4.71. The number of aromatic nitrogens is 3. The van der Waals surface area contributed by atoms with Gasteiger partial charge in [-0.25, -0.2) is 9.78 Å². The van der Waals surface area contributed by atoms with E-state index < -0.39 is 5.97 Å². The molecule has 5 nitrogen and oxygen atoms in total. The summed E-state index contributed by atoms with van der Waals surface area (Å²) in [6.07, 6.45) is 3.66.